The number of anilines is 1. The van der Waals surface area contributed by atoms with Crippen LogP contribution >= 0.6 is 11.6 Å². The van der Waals surface area contributed by atoms with Crippen LogP contribution < -0.4 is 20.3 Å². The summed E-state index contributed by atoms with van der Waals surface area (Å²) in [6.45, 7) is 5.23. The Morgan fingerprint density at radius 3 is 2.41 bits per heavy atom. The molecule has 5 fully saturated rings. The number of hydrogen-bond donors (Lipinski definition) is 3. The largest absolute Gasteiger partial charge is 0.487 e. The van der Waals surface area contributed by atoms with Crippen molar-refractivity contribution in [2.24, 2.45) is 11.8 Å². The zero-order valence-corrected chi connectivity index (χ0v) is 33.7. The molecule has 59 heavy (non-hydrogen) atoms. The smallest absolute Gasteiger partial charge is 0.255 e. The van der Waals surface area contributed by atoms with Gasteiger partial charge in [0, 0.05) is 47.5 Å². The van der Waals surface area contributed by atoms with Gasteiger partial charge in [-0.05, 0) is 108 Å². The normalized spacial score (nSPS) is 29.0. The predicted octanol–water partition coefficient (Wildman–Crippen LogP) is 5.33. The van der Waals surface area contributed by atoms with Crippen molar-refractivity contribution in [1.29, 1.82) is 0 Å². The average molecular weight is 827 g/mol. The number of carbonyl (C=O) groups is 3. The monoisotopic (exact) mass is 826 g/mol. The van der Waals surface area contributed by atoms with Crippen LogP contribution in [0.3, 0.4) is 0 Å². The van der Waals surface area contributed by atoms with E-state index in [2.05, 4.69) is 30.8 Å². The summed E-state index contributed by atoms with van der Waals surface area (Å²) in [5.74, 6) is -1.99. The van der Waals surface area contributed by atoms with Gasteiger partial charge >= 0.3 is 0 Å². The molecule has 2 saturated carbocycles. The Morgan fingerprint density at radius 1 is 0.881 bits per heavy atom. The number of carbonyl (C=O) groups excluding carboxylic acids is 3. The van der Waals surface area contributed by atoms with Crippen LogP contribution in [0.4, 0.5) is 10.1 Å². The summed E-state index contributed by atoms with van der Waals surface area (Å²) < 4.78 is 35.8. The van der Waals surface area contributed by atoms with E-state index in [9.17, 15) is 14.4 Å². The number of halogens is 2. The number of benzene rings is 2. The number of hydrogen-bond acceptors (Lipinski definition) is 11. The summed E-state index contributed by atoms with van der Waals surface area (Å²) in [6.07, 6.45) is 9.70. The summed E-state index contributed by atoms with van der Waals surface area (Å²) in [6, 6.07) is 9.61. The molecule has 3 saturated heterocycles. The number of ether oxygens (including phenoxy) is 3. The fourth-order valence-electron chi connectivity index (χ4n) is 10.1. The topological polar surface area (TPSA) is 164 Å². The number of aromatic amines is 1. The zero-order valence-electron chi connectivity index (χ0n) is 32.9. The van der Waals surface area contributed by atoms with E-state index in [1.54, 1.807) is 18.2 Å². The third-order valence-corrected chi connectivity index (χ3v) is 13.7. The minimum Gasteiger partial charge on any atom is -0.487 e. The van der Waals surface area contributed by atoms with E-state index in [0.717, 1.165) is 63.4 Å². The van der Waals surface area contributed by atoms with Crippen molar-refractivity contribution in [3.05, 3.63) is 64.8 Å². The molecule has 2 aromatic carbocycles. The van der Waals surface area contributed by atoms with Gasteiger partial charge in [0.25, 0.3) is 5.91 Å². The first-order chi connectivity index (χ1) is 28.6. The molecule has 10 rings (SSSR count). The maximum absolute atomic E-state index is 16.4. The Morgan fingerprint density at radius 2 is 1.64 bits per heavy atom. The van der Waals surface area contributed by atoms with E-state index in [1.807, 2.05) is 30.0 Å². The van der Waals surface area contributed by atoms with E-state index in [-0.39, 0.29) is 54.2 Å². The molecule has 310 valence electrons. The van der Waals surface area contributed by atoms with Crippen LogP contribution in [-0.4, -0.2) is 105 Å². The lowest BCUT2D eigenvalue weighted by Gasteiger charge is -2.35. The average Bonchev–Trinajstić information content (AvgIpc) is 3.55. The van der Waals surface area contributed by atoms with Crippen molar-refractivity contribution in [3.8, 4) is 17.1 Å². The second kappa shape index (κ2) is 15.4. The highest BCUT2D eigenvalue weighted by atomic mass is 35.5. The number of piperidine rings is 3. The summed E-state index contributed by atoms with van der Waals surface area (Å²) in [5.41, 5.74) is 2.28. The Hall–Kier alpha value is -4.70. The van der Waals surface area contributed by atoms with Gasteiger partial charge in [-0.2, -0.15) is 5.10 Å². The van der Waals surface area contributed by atoms with E-state index in [0.29, 0.717) is 59.1 Å². The van der Waals surface area contributed by atoms with Crippen LogP contribution in [-0.2, 0) is 25.6 Å². The molecule has 4 aromatic rings. The molecule has 6 heterocycles. The molecule has 0 bridgehead atoms. The molecule has 0 radical (unpaired) electrons. The van der Waals surface area contributed by atoms with Crippen LogP contribution in [0.1, 0.15) is 80.6 Å². The minimum absolute atomic E-state index is 0.0439. The lowest BCUT2D eigenvalue weighted by Crippen LogP contribution is -2.56. The van der Waals surface area contributed by atoms with E-state index in [1.165, 1.54) is 11.2 Å². The van der Waals surface area contributed by atoms with Gasteiger partial charge in [0.2, 0.25) is 11.8 Å². The first-order valence-corrected chi connectivity index (χ1v) is 21.4. The molecule has 2 aromatic heterocycles. The molecule has 4 unspecified atom stereocenters. The number of nitrogens with one attached hydrogen (secondary N) is 3. The quantitative estimate of drug-likeness (QED) is 0.140. The van der Waals surface area contributed by atoms with Crippen molar-refractivity contribution in [1.82, 2.24) is 35.7 Å². The molecule has 4 aliphatic heterocycles. The summed E-state index contributed by atoms with van der Waals surface area (Å²) >= 11 is 6.11. The van der Waals surface area contributed by atoms with Gasteiger partial charge < -0.3 is 29.3 Å². The number of imide groups is 1. The van der Waals surface area contributed by atoms with Gasteiger partial charge in [0.05, 0.1) is 53.6 Å². The first kappa shape index (κ1) is 38.5. The fourth-order valence-corrected chi connectivity index (χ4v) is 10.3. The lowest BCUT2D eigenvalue weighted by atomic mass is 9.88. The standard InChI is InChI=1S/C43H48ClFN8O6/c1-43(59-27-4-6-33-30(17-27)39(51-50-33)34-19-37(44)48-22-47-34)20-32(43)29-18-36(41(55)49-40(29)54)53-21-31-28(42(53)56)5-7-35(38(31)45)52-14-10-24(11-15-52)58-26-3-2-25(16-26)57-23-8-12-46-13-9-23/h4-7,17,19,22-26,29,32,36,46H,2-3,8-16,18,20-21H2,1H3,(H,50,51)(H,49,54,55)/t25-,26-,29?,32?,36?,43?/m0/s1. The van der Waals surface area contributed by atoms with Crippen molar-refractivity contribution in [2.75, 3.05) is 31.1 Å². The number of nitrogens with zero attached hydrogens (tertiary/aromatic N) is 5. The van der Waals surface area contributed by atoms with E-state index >= 15 is 4.39 Å². The third-order valence-electron chi connectivity index (χ3n) is 13.5. The second-order valence-electron chi connectivity index (χ2n) is 17.3. The molecule has 3 amide bonds. The van der Waals surface area contributed by atoms with E-state index < -0.39 is 35.2 Å². The van der Waals surface area contributed by atoms with Crippen LogP contribution in [0.25, 0.3) is 22.3 Å². The van der Waals surface area contributed by atoms with Gasteiger partial charge in [-0.15, -0.1) is 0 Å². The van der Waals surface area contributed by atoms with Gasteiger partial charge in [-0.3, -0.25) is 24.8 Å². The summed E-state index contributed by atoms with van der Waals surface area (Å²) in [5, 5.41) is 14.4. The van der Waals surface area contributed by atoms with Crippen molar-refractivity contribution < 1.29 is 33.0 Å². The molecule has 2 aliphatic carbocycles. The van der Waals surface area contributed by atoms with Crippen molar-refractivity contribution in [3.63, 3.8) is 0 Å². The number of H-pyrrole nitrogens is 1. The molecular weight excluding hydrogens is 779 g/mol. The zero-order chi connectivity index (χ0) is 40.4. The maximum Gasteiger partial charge on any atom is 0.255 e. The number of fused-ring (bicyclic) bond motifs is 2. The number of aromatic nitrogens is 4. The molecular formula is C43H48ClFN8O6. The van der Waals surface area contributed by atoms with Crippen LogP contribution in [0.5, 0.6) is 5.75 Å². The molecule has 0 spiro atoms. The SMILES string of the molecule is CC1(Oc2ccc3n[nH]c(-c4cc(Cl)ncn4)c3c2)CC1C1CC(N2Cc3c(ccc(N4CCC(O[C@H]5CC[C@H](OC6CCNCC6)C5)CC4)c3F)C2=O)C(=O)NC1=O. The number of rotatable bonds is 10. The Labute approximate surface area is 345 Å². The molecule has 6 atom stereocenters. The van der Waals surface area contributed by atoms with Crippen LogP contribution in [0.15, 0.2) is 42.7 Å². The highest BCUT2D eigenvalue weighted by molar-refractivity contribution is 6.29. The maximum atomic E-state index is 16.4. The molecule has 3 N–H and O–H groups in total. The Kier molecular flexibility index (Phi) is 10.0. The fraction of sp³-hybridized carbons (Fsp3) is 0.535. The highest BCUT2D eigenvalue weighted by Crippen LogP contribution is 2.53. The van der Waals surface area contributed by atoms with Gasteiger partial charge in [-0.25, -0.2) is 14.4 Å². The lowest BCUT2D eigenvalue weighted by molar-refractivity contribution is -0.141. The van der Waals surface area contributed by atoms with Gasteiger partial charge in [-0.1, -0.05) is 11.6 Å². The van der Waals surface area contributed by atoms with Gasteiger partial charge in [0.15, 0.2) is 5.82 Å². The minimum atomic E-state index is -0.928. The molecule has 14 nitrogen and oxygen atoms in total. The number of amides is 3. The summed E-state index contributed by atoms with van der Waals surface area (Å²) in [7, 11) is 0. The third kappa shape index (κ3) is 7.44. The van der Waals surface area contributed by atoms with E-state index in [4.69, 9.17) is 25.8 Å². The van der Waals surface area contributed by atoms with Crippen LogP contribution in [0.2, 0.25) is 5.15 Å². The Bertz CT molecular complexity index is 2300. The van der Waals surface area contributed by atoms with Crippen molar-refractivity contribution >= 4 is 45.9 Å². The predicted molar refractivity (Wildman–Crippen MR) is 215 cm³/mol. The first-order valence-electron chi connectivity index (χ1n) is 21.0. The Balaban J connectivity index is 0.764. The van der Waals surface area contributed by atoms with Gasteiger partial charge in [0.1, 0.15) is 28.9 Å². The summed E-state index contributed by atoms with van der Waals surface area (Å²) in [4.78, 5) is 52.2. The van der Waals surface area contributed by atoms with Crippen LogP contribution in [0, 0.1) is 17.7 Å². The highest BCUT2D eigenvalue weighted by Gasteiger charge is 2.61. The second-order valence-corrected chi connectivity index (χ2v) is 17.7. The molecule has 16 heteroatoms. The molecule has 6 aliphatic rings. The van der Waals surface area contributed by atoms with Crippen molar-refractivity contribution in [2.45, 2.75) is 107 Å².